The summed E-state index contributed by atoms with van der Waals surface area (Å²) in [5.41, 5.74) is 6.39. The van der Waals surface area contributed by atoms with Gasteiger partial charge in [0.05, 0.1) is 11.4 Å². The smallest absolute Gasteiger partial charge is 0.0596 e. The van der Waals surface area contributed by atoms with E-state index in [4.69, 9.17) is 0 Å². The second-order valence-corrected chi connectivity index (χ2v) is 5.20. The highest BCUT2D eigenvalue weighted by atomic mass is 15.1. The molecule has 0 heterocycles. The molecule has 1 N–H and O–H groups in total. The fraction of sp³-hybridized carbons (Fsp3) is 0.294. The van der Waals surface area contributed by atoms with Gasteiger partial charge in [0, 0.05) is 20.6 Å². The first-order valence-electron chi connectivity index (χ1n) is 6.64. The highest BCUT2D eigenvalue weighted by molar-refractivity contribution is 5.69. The van der Waals surface area contributed by atoms with Gasteiger partial charge in [-0.05, 0) is 37.1 Å². The lowest BCUT2D eigenvalue weighted by atomic mass is 10.1. The fourth-order valence-electron chi connectivity index (χ4n) is 2.25. The average molecular weight is 254 g/mol. The van der Waals surface area contributed by atoms with Gasteiger partial charge in [0.2, 0.25) is 0 Å². The molecule has 2 aromatic carbocycles. The van der Waals surface area contributed by atoms with Crippen molar-refractivity contribution in [1.82, 2.24) is 0 Å². The van der Waals surface area contributed by atoms with Gasteiger partial charge in [0.15, 0.2) is 0 Å². The zero-order valence-electron chi connectivity index (χ0n) is 12.2. The number of anilines is 2. The minimum Gasteiger partial charge on any atom is -0.379 e. The van der Waals surface area contributed by atoms with Crippen molar-refractivity contribution in [3.63, 3.8) is 0 Å². The third-order valence-corrected chi connectivity index (χ3v) is 3.35. The Balaban J connectivity index is 2.14. The van der Waals surface area contributed by atoms with E-state index in [9.17, 15) is 0 Å². The van der Waals surface area contributed by atoms with Crippen molar-refractivity contribution in [2.75, 3.05) is 24.3 Å². The van der Waals surface area contributed by atoms with Gasteiger partial charge in [-0.15, -0.1) is 0 Å². The van der Waals surface area contributed by atoms with Crippen LogP contribution < -0.4 is 10.2 Å². The number of para-hydroxylation sites is 2. The summed E-state index contributed by atoms with van der Waals surface area (Å²) >= 11 is 0. The standard InChI is InChI=1S/C17H22N2/c1-13-9-10-15(14(2)11-13)12-18-16-7-5-6-8-17(16)19(3)4/h5-11,18H,12H2,1-4H3. The van der Waals surface area contributed by atoms with Crippen molar-refractivity contribution < 1.29 is 0 Å². The SMILES string of the molecule is Cc1ccc(CNc2ccccc2N(C)C)c(C)c1. The van der Waals surface area contributed by atoms with Crippen LogP contribution in [0.5, 0.6) is 0 Å². The van der Waals surface area contributed by atoms with Crippen LogP contribution in [0.2, 0.25) is 0 Å². The van der Waals surface area contributed by atoms with Gasteiger partial charge in [-0.3, -0.25) is 0 Å². The van der Waals surface area contributed by atoms with Crippen LogP contribution in [0.4, 0.5) is 11.4 Å². The Hall–Kier alpha value is -1.96. The summed E-state index contributed by atoms with van der Waals surface area (Å²) in [5, 5.41) is 3.53. The van der Waals surface area contributed by atoms with Crippen molar-refractivity contribution in [3.8, 4) is 0 Å². The van der Waals surface area contributed by atoms with Crippen LogP contribution in [-0.4, -0.2) is 14.1 Å². The van der Waals surface area contributed by atoms with Gasteiger partial charge in [0.25, 0.3) is 0 Å². The maximum absolute atomic E-state index is 3.53. The number of hydrogen-bond acceptors (Lipinski definition) is 2. The molecule has 0 amide bonds. The number of nitrogens with one attached hydrogen (secondary N) is 1. The third-order valence-electron chi connectivity index (χ3n) is 3.35. The molecule has 0 atom stereocenters. The van der Waals surface area contributed by atoms with Crippen LogP contribution in [0.25, 0.3) is 0 Å². The lowest BCUT2D eigenvalue weighted by molar-refractivity contribution is 1.09. The summed E-state index contributed by atoms with van der Waals surface area (Å²) in [7, 11) is 4.13. The number of benzene rings is 2. The minimum absolute atomic E-state index is 0.858. The molecule has 0 saturated heterocycles. The fourth-order valence-corrected chi connectivity index (χ4v) is 2.25. The molecule has 0 aromatic heterocycles. The van der Waals surface area contributed by atoms with Gasteiger partial charge in [-0.25, -0.2) is 0 Å². The van der Waals surface area contributed by atoms with Crippen molar-refractivity contribution in [3.05, 3.63) is 59.2 Å². The summed E-state index contributed by atoms with van der Waals surface area (Å²) in [6, 6.07) is 15.0. The van der Waals surface area contributed by atoms with Crippen LogP contribution in [0.15, 0.2) is 42.5 Å². The van der Waals surface area contributed by atoms with E-state index < -0.39 is 0 Å². The molecule has 0 spiro atoms. The Labute approximate surface area is 116 Å². The first kappa shape index (κ1) is 13.5. The molecular weight excluding hydrogens is 232 g/mol. The molecule has 2 aromatic rings. The summed E-state index contributed by atoms with van der Waals surface area (Å²) in [4.78, 5) is 2.13. The Kier molecular flexibility index (Phi) is 4.10. The zero-order chi connectivity index (χ0) is 13.8. The van der Waals surface area contributed by atoms with Gasteiger partial charge in [-0.2, -0.15) is 0 Å². The molecule has 2 nitrogen and oxygen atoms in total. The Bertz CT molecular complexity index is 559. The Morgan fingerprint density at radius 2 is 1.74 bits per heavy atom. The molecular formula is C17H22N2. The lowest BCUT2D eigenvalue weighted by Gasteiger charge is -2.19. The first-order valence-corrected chi connectivity index (χ1v) is 6.64. The molecule has 0 radical (unpaired) electrons. The van der Waals surface area contributed by atoms with E-state index in [1.54, 1.807) is 0 Å². The van der Waals surface area contributed by atoms with Gasteiger partial charge < -0.3 is 10.2 Å². The van der Waals surface area contributed by atoms with Crippen LogP contribution >= 0.6 is 0 Å². The van der Waals surface area contributed by atoms with Crippen molar-refractivity contribution in [1.29, 1.82) is 0 Å². The van der Waals surface area contributed by atoms with E-state index in [0.29, 0.717) is 0 Å². The number of nitrogens with zero attached hydrogens (tertiary/aromatic N) is 1. The van der Waals surface area contributed by atoms with Crippen LogP contribution in [-0.2, 0) is 6.54 Å². The predicted octanol–water partition coefficient (Wildman–Crippen LogP) is 3.98. The largest absolute Gasteiger partial charge is 0.379 e. The molecule has 0 unspecified atom stereocenters. The van der Waals surface area contributed by atoms with E-state index in [1.807, 2.05) is 0 Å². The summed E-state index contributed by atoms with van der Waals surface area (Å²) in [6.07, 6.45) is 0. The number of aryl methyl sites for hydroxylation is 2. The maximum atomic E-state index is 3.53. The second-order valence-electron chi connectivity index (χ2n) is 5.20. The zero-order valence-corrected chi connectivity index (χ0v) is 12.2. The molecule has 0 aliphatic heterocycles. The summed E-state index contributed by atoms with van der Waals surface area (Å²) in [6.45, 7) is 5.16. The molecule has 2 heteroatoms. The van der Waals surface area contributed by atoms with E-state index >= 15 is 0 Å². The summed E-state index contributed by atoms with van der Waals surface area (Å²) in [5.74, 6) is 0. The normalized spacial score (nSPS) is 10.3. The molecule has 0 fully saturated rings. The number of hydrogen-bond donors (Lipinski definition) is 1. The van der Waals surface area contributed by atoms with E-state index in [2.05, 4.69) is 80.6 Å². The van der Waals surface area contributed by atoms with E-state index in [0.717, 1.165) is 6.54 Å². The van der Waals surface area contributed by atoms with Crippen LogP contribution in [0.1, 0.15) is 16.7 Å². The average Bonchev–Trinajstić information content (AvgIpc) is 2.38. The quantitative estimate of drug-likeness (QED) is 0.887. The molecule has 19 heavy (non-hydrogen) atoms. The van der Waals surface area contributed by atoms with Gasteiger partial charge in [0.1, 0.15) is 0 Å². The molecule has 0 aliphatic carbocycles. The maximum Gasteiger partial charge on any atom is 0.0596 e. The predicted molar refractivity (Wildman–Crippen MR) is 84.0 cm³/mol. The minimum atomic E-state index is 0.858. The Morgan fingerprint density at radius 3 is 2.42 bits per heavy atom. The Morgan fingerprint density at radius 1 is 1.00 bits per heavy atom. The third kappa shape index (κ3) is 3.28. The molecule has 100 valence electrons. The van der Waals surface area contributed by atoms with Crippen LogP contribution in [0, 0.1) is 13.8 Å². The van der Waals surface area contributed by atoms with Gasteiger partial charge >= 0.3 is 0 Å². The van der Waals surface area contributed by atoms with Crippen molar-refractivity contribution >= 4 is 11.4 Å². The first-order chi connectivity index (χ1) is 9.08. The molecule has 2 rings (SSSR count). The topological polar surface area (TPSA) is 15.3 Å². The second kappa shape index (κ2) is 5.79. The lowest BCUT2D eigenvalue weighted by Crippen LogP contribution is -2.12. The molecule has 0 aliphatic rings. The summed E-state index contributed by atoms with van der Waals surface area (Å²) < 4.78 is 0. The number of rotatable bonds is 4. The van der Waals surface area contributed by atoms with E-state index in [1.165, 1.54) is 28.1 Å². The highest BCUT2D eigenvalue weighted by Gasteiger charge is 2.04. The molecule has 0 saturated carbocycles. The van der Waals surface area contributed by atoms with Gasteiger partial charge in [-0.1, -0.05) is 35.9 Å². The van der Waals surface area contributed by atoms with Crippen molar-refractivity contribution in [2.45, 2.75) is 20.4 Å². The monoisotopic (exact) mass is 254 g/mol. The van der Waals surface area contributed by atoms with E-state index in [-0.39, 0.29) is 0 Å². The van der Waals surface area contributed by atoms with Crippen LogP contribution in [0.3, 0.4) is 0 Å². The highest BCUT2D eigenvalue weighted by Crippen LogP contribution is 2.24. The molecule has 0 bridgehead atoms. The van der Waals surface area contributed by atoms with Crippen molar-refractivity contribution in [2.24, 2.45) is 0 Å².